The molecule has 0 saturated carbocycles. The zero-order valence-corrected chi connectivity index (χ0v) is 7.01. The summed E-state index contributed by atoms with van der Waals surface area (Å²) in [5.41, 5.74) is 0.189. The van der Waals surface area contributed by atoms with Crippen LogP contribution in [0.4, 0.5) is 0 Å². The quantitative estimate of drug-likeness (QED) is 0.525. The van der Waals surface area contributed by atoms with Gasteiger partial charge in [-0.1, -0.05) is 0 Å². The highest BCUT2D eigenvalue weighted by Gasteiger charge is 2.48. The van der Waals surface area contributed by atoms with Gasteiger partial charge in [-0.15, -0.1) is 0 Å². The molecule has 2 aliphatic rings. The van der Waals surface area contributed by atoms with E-state index in [9.17, 15) is 5.11 Å². The Morgan fingerprint density at radius 1 is 1.73 bits per heavy atom. The van der Waals surface area contributed by atoms with E-state index in [1.807, 2.05) is 0 Å². The molecule has 3 nitrogen and oxygen atoms in total. The van der Waals surface area contributed by atoms with Gasteiger partial charge in [-0.25, -0.2) is 0 Å². The summed E-state index contributed by atoms with van der Waals surface area (Å²) in [4.78, 5) is 2.36. The van der Waals surface area contributed by atoms with E-state index < -0.39 is 0 Å². The van der Waals surface area contributed by atoms with Crippen molar-refractivity contribution < 1.29 is 5.11 Å². The van der Waals surface area contributed by atoms with Crippen molar-refractivity contribution in [1.82, 2.24) is 10.2 Å². The topological polar surface area (TPSA) is 35.5 Å². The van der Waals surface area contributed by atoms with Gasteiger partial charge in [-0.2, -0.15) is 0 Å². The monoisotopic (exact) mass is 156 g/mol. The van der Waals surface area contributed by atoms with E-state index in [0.717, 1.165) is 26.1 Å². The third-order valence-corrected chi connectivity index (χ3v) is 3.33. The van der Waals surface area contributed by atoms with Gasteiger partial charge in [-0.3, -0.25) is 0 Å². The molecule has 64 valence electrons. The maximum absolute atomic E-state index is 9.28. The minimum Gasteiger partial charge on any atom is -0.396 e. The van der Waals surface area contributed by atoms with Crippen LogP contribution in [0.15, 0.2) is 0 Å². The highest BCUT2D eigenvalue weighted by atomic mass is 16.3. The second kappa shape index (κ2) is 2.44. The summed E-state index contributed by atoms with van der Waals surface area (Å²) in [5.74, 6) is 0. The van der Waals surface area contributed by atoms with E-state index in [0.29, 0.717) is 12.6 Å². The molecule has 0 aliphatic carbocycles. The van der Waals surface area contributed by atoms with Gasteiger partial charge in [0.05, 0.1) is 6.61 Å². The highest BCUT2D eigenvalue weighted by molar-refractivity contribution is 5.04. The minimum atomic E-state index is 0.189. The molecule has 0 bridgehead atoms. The molecule has 0 aromatic heterocycles. The van der Waals surface area contributed by atoms with Gasteiger partial charge in [0.15, 0.2) is 0 Å². The smallest absolute Gasteiger partial charge is 0.0515 e. The molecule has 2 atom stereocenters. The number of hydrogen-bond donors (Lipinski definition) is 2. The van der Waals surface area contributed by atoms with Crippen molar-refractivity contribution in [2.24, 2.45) is 5.41 Å². The van der Waals surface area contributed by atoms with Crippen LogP contribution < -0.4 is 5.32 Å². The highest BCUT2D eigenvalue weighted by Crippen LogP contribution is 2.37. The lowest BCUT2D eigenvalue weighted by Gasteiger charge is -2.27. The zero-order valence-electron chi connectivity index (χ0n) is 7.01. The van der Waals surface area contributed by atoms with Crippen LogP contribution in [-0.4, -0.2) is 49.3 Å². The lowest BCUT2D eigenvalue weighted by molar-refractivity contribution is 0.121. The molecule has 0 aromatic rings. The van der Waals surface area contributed by atoms with Gasteiger partial charge in [0.25, 0.3) is 0 Å². The number of rotatable bonds is 1. The zero-order chi connectivity index (χ0) is 7.90. The third kappa shape index (κ3) is 0.916. The standard InChI is InChI=1S/C8H16N2O/c1-10-3-2-8(6-11)5-9-4-7(8)10/h7,9,11H,2-6H2,1H3. The van der Waals surface area contributed by atoms with Crippen LogP contribution in [0.25, 0.3) is 0 Å². The summed E-state index contributed by atoms with van der Waals surface area (Å²) < 4.78 is 0. The van der Waals surface area contributed by atoms with Gasteiger partial charge in [0.1, 0.15) is 0 Å². The van der Waals surface area contributed by atoms with Crippen LogP contribution in [0.1, 0.15) is 6.42 Å². The van der Waals surface area contributed by atoms with E-state index in [4.69, 9.17) is 0 Å². The molecule has 0 amide bonds. The van der Waals surface area contributed by atoms with E-state index >= 15 is 0 Å². The Morgan fingerprint density at radius 2 is 2.55 bits per heavy atom. The average molecular weight is 156 g/mol. The number of fused-ring (bicyclic) bond motifs is 1. The Bertz CT molecular complexity index is 162. The fraction of sp³-hybridized carbons (Fsp3) is 1.00. The maximum Gasteiger partial charge on any atom is 0.0515 e. The first-order valence-corrected chi connectivity index (χ1v) is 4.30. The first-order chi connectivity index (χ1) is 5.28. The molecule has 2 fully saturated rings. The Morgan fingerprint density at radius 3 is 3.18 bits per heavy atom. The lowest BCUT2D eigenvalue weighted by Crippen LogP contribution is -2.38. The molecule has 2 N–H and O–H groups in total. The lowest BCUT2D eigenvalue weighted by atomic mass is 9.84. The Hall–Kier alpha value is -0.120. The molecular weight excluding hydrogens is 140 g/mol. The summed E-state index contributed by atoms with van der Waals surface area (Å²) in [6.45, 7) is 3.54. The molecule has 0 aromatic carbocycles. The van der Waals surface area contributed by atoms with Crippen molar-refractivity contribution in [3.8, 4) is 0 Å². The van der Waals surface area contributed by atoms with E-state index in [2.05, 4.69) is 17.3 Å². The number of aliphatic hydroxyl groups is 1. The van der Waals surface area contributed by atoms with Gasteiger partial charge in [-0.05, 0) is 20.0 Å². The maximum atomic E-state index is 9.28. The summed E-state index contributed by atoms with van der Waals surface area (Å²) in [6.07, 6.45) is 1.15. The number of likely N-dealkylation sites (tertiary alicyclic amines) is 1. The fourth-order valence-electron chi connectivity index (χ4n) is 2.47. The molecule has 3 heteroatoms. The summed E-state index contributed by atoms with van der Waals surface area (Å²) >= 11 is 0. The molecule has 2 heterocycles. The minimum absolute atomic E-state index is 0.189. The second-order valence-corrected chi connectivity index (χ2v) is 3.90. The molecule has 0 radical (unpaired) electrons. The number of hydrogen-bond acceptors (Lipinski definition) is 3. The van der Waals surface area contributed by atoms with Gasteiger partial charge >= 0.3 is 0 Å². The first kappa shape index (κ1) is 7.53. The fourth-order valence-corrected chi connectivity index (χ4v) is 2.47. The van der Waals surface area contributed by atoms with E-state index in [1.165, 1.54) is 0 Å². The first-order valence-electron chi connectivity index (χ1n) is 4.30. The predicted octanol–water partition coefficient (Wildman–Crippen LogP) is -0.728. The Balaban J connectivity index is 2.18. The summed E-state index contributed by atoms with van der Waals surface area (Å²) in [6, 6.07) is 0.576. The Kier molecular flexibility index (Phi) is 1.67. The van der Waals surface area contributed by atoms with Crippen molar-refractivity contribution in [3.63, 3.8) is 0 Å². The normalized spacial score (nSPS) is 44.7. The van der Waals surface area contributed by atoms with Crippen LogP contribution in [0.5, 0.6) is 0 Å². The van der Waals surface area contributed by atoms with Gasteiger partial charge < -0.3 is 15.3 Å². The number of aliphatic hydroxyl groups excluding tert-OH is 1. The number of likely N-dealkylation sites (N-methyl/N-ethyl adjacent to an activating group) is 1. The van der Waals surface area contributed by atoms with Crippen molar-refractivity contribution in [1.29, 1.82) is 0 Å². The molecule has 0 spiro atoms. The van der Waals surface area contributed by atoms with Crippen LogP contribution in [-0.2, 0) is 0 Å². The largest absolute Gasteiger partial charge is 0.396 e. The predicted molar refractivity (Wildman–Crippen MR) is 43.4 cm³/mol. The van der Waals surface area contributed by atoms with Crippen molar-refractivity contribution in [2.75, 3.05) is 33.3 Å². The van der Waals surface area contributed by atoms with Gasteiger partial charge in [0.2, 0.25) is 0 Å². The van der Waals surface area contributed by atoms with E-state index in [1.54, 1.807) is 0 Å². The second-order valence-electron chi connectivity index (χ2n) is 3.90. The third-order valence-electron chi connectivity index (χ3n) is 3.33. The van der Waals surface area contributed by atoms with Gasteiger partial charge in [0, 0.05) is 24.5 Å². The molecule has 2 aliphatic heterocycles. The van der Waals surface area contributed by atoms with Crippen LogP contribution >= 0.6 is 0 Å². The SMILES string of the molecule is CN1CCC2(CO)CNCC12. The Labute approximate surface area is 67.4 Å². The van der Waals surface area contributed by atoms with Crippen LogP contribution in [0.2, 0.25) is 0 Å². The molecule has 2 saturated heterocycles. The van der Waals surface area contributed by atoms with Crippen molar-refractivity contribution >= 4 is 0 Å². The van der Waals surface area contributed by atoms with Crippen molar-refractivity contribution in [2.45, 2.75) is 12.5 Å². The molecular formula is C8H16N2O. The van der Waals surface area contributed by atoms with Crippen LogP contribution in [0, 0.1) is 5.41 Å². The number of nitrogens with zero attached hydrogens (tertiary/aromatic N) is 1. The van der Waals surface area contributed by atoms with Crippen LogP contribution in [0.3, 0.4) is 0 Å². The van der Waals surface area contributed by atoms with Crippen molar-refractivity contribution in [3.05, 3.63) is 0 Å². The summed E-state index contributed by atoms with van der Waals surface area (Å²) in [5, 5.41) is 12.6. The molecule has 11 heavy (non-hydrogen) atoms. The average Bonchev–Trinajstić information content (AvgIpc) is 2.53. The summed E-state index contributed by atoms with van der Waals surface area (Å²) in [7, 11) is 2.15. The molecule has 2 unspecified atom stereocenters. The molecule has 2 rings (SSSR count). The number of nitrogens with one attached hydrogen (secondary N) is 1. The van der Waals surface area contributed by atoms with E-state index in [-0.39, 0.29) is 5.41 Å².